The number of aryl methyl sites for hydroxylation is 2. The summed E-state index contributed by atoms with van der Waals surface area (Å²) in [4.78, 5) is 0. The SMILES string of the molecule is CCC(C)CCn1nncc1CCCCCCC(C)C. The fraction of sp³-hybridized carbons (Fsp3) is 0.882. The molecule has 0 saturated carbocycles. The van der Waals surface area contributed by atoms with Gasteiger partial charge >= 0.3 is 0 Å². The molecular weight excluding hydrogens is 246 g/mol. The summed E-state index contributed by atoms with van der Waals surface area (Å²) in [6, 6.07) is 0. The van der Waals surface area contributed by atoms with E-state index in [-0.39, 0.29) is 0 Å². The van der Waals surface area contributed by atoms with Gasteiger partial charge in [-0.1, -0.05) is 65.0 Å². The Kier molecular flexibility index (Phi) is 8.56. The van der Waals surface area contributed by atoms with Gasteiger partial charge in [0.05, 0.1) is 11.9 Å². The minimum atomic E-state index is 0.781. The zero-order chi connectivity index (χ0) is 14.8. The van der Waals surface area contributed by atoms with E-state index in [1.165, 1.54) is 50.6 Å². The van der Waals surface area contributed by atoms with Crippen LogP contribution in [0.4, 0.5) is 0 Å². The van der Waals surface area contributed by atoms with E-state index in [9.17, 15) is 0 Å². The lowest BCUT2D eigenvalue weighted by atomic mass is 10.0. The third kappa shape index (κ3) is 7.06. The van der Waals surface area contributed by atoms with Crippen molar-refractivity contribution in [1.29, 1.82) is 0 Å². The fourth-order valence-corrected chi connectivity index (χ4v) is 2.42. The molecule has 0 aromatic carbocycles. The molecule has 0 aliphatic carbocycles. The highest BCUT2D eigenvalue weighted by Crippen LogP contribution is 2.13. The van der Waals surface area contributed by atoms with Crippen LogP contribution >= 0.6 is 0 Å². The van der Waals surface area contributed by atoms with Crippen molar-refractivity contribution in [2.75, 3.05) is 0 Å². The summed E-state index contributed by atoms with van der Waals surface area (Å²) in [6.07, 6.45) is 12.3. The average Bonchev–Trinajstić information content (AvgIpc) is 2.87. The number of hydrogen-bond donors (Lipinski definition) is 0. The monoisotopic (exact) mass is 279 g/mol. The summed E-state index contributed by atoms with van der Waals surface area (Å²) in [5.41, 5.74) is 1.32. The fourth-order valence-electron chi connectivity index (χ4n) is 2.42. The second-order valence-electron chi connectivity index (χ2n) is 6.60. The van der Waals surface area contributed by atoms with E-state index in [4.69, 9.17) is 0 Å². The standard InChI is InChI=1S/C17H33N3/c1-5-16(4)12-13-20-17(14-18-19-20)11-9-7-6-8-10-15(2)3/h14-16H,5-13H2,1-4H3. The Morgan fingerprint density at radius 2 is 1.80 bits per heavy atom. The number of nitrogens with zero attached hydrogens (tertiary/aromatic N) is 3. The maximum Gasteiger partial charge on any atom is 0.0725 e. The van der Waals surface area contributed by atoms with E-state index in [0.29, 0.717) is 0 Å². The van der Waals surface area contributed by atoms with E-state index < -0.39 is 0 Å². The van der Waals surface area contributed by atoms with E-state index in [0.717, 1.165) is 24.8 Å². The van der Waals surface area contributed by atoms with Crippen molar-refractivity contribution in [2.24, 2.45) is 11.8 Å². The van der Waals surface area contributed by atoms with Gasteiger partial charge in [-0.2, -0.15) is 0 Å². The quantitative estimate of drug-likeness (QED) is 0.541. The second-order valence-corrected chi connectivity index (χ2v) is 6.60. The largest absolute Gasteiger partial charge is 0.249 e. The van der Waals surface area contributed by atoms with Crippen molar-refractivity contribution in [3.8, 4) is 0 Å². The number of rotatable bonds is 11. The molecule has 0 aliphatic heterocycles. The van der Waals surface area contributed by atoms with Crippen molar-refractivity contribution in [2.45, 2.75) is 85.6 Å². The van der Waals surface area contributed by atoms with Crippen LogP contribution in [0.1, 0.15) is 78.3 Å². The number of aromatic nitrogens is 3. The topological polar surface area (TPSA) is 30.7 Å². The molecule has 0 N–H and O–H groups in total. The van der Waals surface area contributed by atoms with Crippen molar-refractivity contribution < 1.29 is 0 Å². The van der Waals surface area contributed by atoms with Crippen LogP contribution in [0, 0.1) is 11.8 Å². The van der Waals surface area contributed by atoms with Crippen molar-refractivity contribution in [3.63, 3.8) is 0 Å². The molecule has 1 heterocycles. The predicted molar refractivity (Wildman–Crippen MR) is 85.7 cm³/mol. The summed E-state index contributed by atoms with van der Waals surface area (Å²) in [7, 11) is 0. The van der Waals surface area contributed by atoms with Gasteiger partial charge in [0, 0.05) is 6.54 Å². The van der Waals surface area contributed by atoms with E-state index in [2.05, 4.69) is 42.7 Å². The highest BCUT2D eigenvalue weighted by Gasteiger charge is 2.06. The Hall–Kier alpha value is -0.860. The molecule has 3 nitrogen and oxygen atoms in total. The van der Waals surface area contributed by atoms with E-state index >= 15 is 0 Å². The first-order valence-corrected chi connectivity index (χ1v) is 8.50. The minimum Gasteiger partial charge on any atom is -0.249 e. The molecule has 0 saturated heterocycles. The molecule has 1 aromatic heterocycles. The molecule has 1 atom stereocenters. The third-order valence-electron chi connectivity index (χ3n) is 4.19. The smallest absolute Gasteiger partial charge is 0.0725 e. The highest BCUT2D eigenvalue weighted by atomic mass is 15.4. The summed E-state index contributed by atoms with van der Waals surface area (Å²) in [5.74, 6) is 1.63. The summed E-state index contributed by atoms with van der Waals surface area (Å²) in [5, 5.41) is 8.30. The lowest BCUT2D eigenvalue weighted by Gasteiger charge is -2.10. The predicted octanol–water partition coefficient (Wildman–Crippen LogP) is 4.86. The Labute approximate surface area is 125 Å². The molecule has 0 bridgehead atoms. The maximum atomic E-state index is 4.23. The van der Waals surface area contributed by atoms with Gasteiger partial charge in [-0.15, -0.1) is 5.10 Å². The molecule has 0 aliphatic rings. The normalized spacial score (nSPS) is 13.1. The van der Waals surface area contributed by atoms with Crippen LogP contribution in [0.5, 0.6) is 0 Å². The van der Waals surface area contributed by atoms with Crippen LogP contribution in [-0.2, 0) is 13.0 Å². The Morgan fingerprint density at radius 3 is 2.50 bits per heavy atom. The van der Waals surface area contributed by atoms with Gasteiger partial charge in [0.15, 0.2) is 0 Å². The highest BCUT2D eigenvalue weighted by molar-refractivity contribution is 4.93. The zero-order valence-corrected chi connectivity index (χ0v) is 13.9. The van der Waals surface area contributed by atoms with Crippen LogP contribution in [-0.4, -0.2) is 15.0 Å². The first kappa shape index (κ1) is 17.2. The van der Waals surface area contributed by atoms with Gasteiger partial charge in [-0.25, -0.2) is 4.68 Å². The molecule has 0 radical (unpaired) electrons. The van der Waals surface area contributed by atoms with Gasteiger partial charge in [0.1, 0.15) is 0 Å². The second kappa shape index (κ2) is 9.95. The van der Waals surface area contributed by atoms with Crippen LogP contribution in [0.15, 0.2) is 6.20 Å². The van der Waals surface area contributed by atoms with Crippen LogP contribution < -0.4 is 0 Å². The Morgan fingerprint density at radius 1 is 1.05 bits per heavy atom. The maximum absolute atomic E-state index is 4.23. The molecule has 0 spiro atoms. The van der Waals surface area contributed by atoms with Crippen molar-refractivity contribution in [1.82, 2.24) is 15.0 Å². The van der Waals surface area contributed by atoms with Crippen LogP contribution in [0.2, 0.25) is 0 Å². The molecule has 0 fully saturated rings. The molecule has 1 aromatic rings. The lowest BCUT2D eigenvalue weighted by molar-refractivity contribution is 0.432. The van der Waals surface area contributed by atoms with Gasteiger partial charge in [-0.3, -0.25) is 0 Å². The Balaban J connectivity index is 2.19. The molecule has 3 heteroatoms. The first-order valence-electron chi connectivity index (χ1n) is 8.50. The molecule has 1 rings (SSSR count). The third-order valence-corrected chi connectivity index (χ3v) is 4.19. The molecular formula is C17H33N3. The van der Waals surface area contributed by atoms with Crippen LogP contribution in [0.3, 0.4) is 0 Å². The summed E-state index contributed by atoms with van der Waals surface area (Å²) in [6.45, 7) is 10.2. The Bertz CT molecular complexity index is 344. The zero-order valence-electron chi connectivity index (χ0n) is 13.9. The van der Waals surface area contributed by atoms with Crippen molar-refractivity contribution >= 4 is 0 Å². The minimum absolute atomic E-state index is 0.781. The summed E-state index contributed by atoms with van der Waals surface area (Å²) >= 11 is 0. The first-order chi connectivity index (χ1) is 9.63. The average molecular weight is 279 g/mol. The van der Waals surface area contributed by atoms with Gasteiger partial charge in [0.25, 0.3) is 0 Å². The van der Waals surface area contributed by atoms with E-state index in [1.54, 1.807) is 0 Å². The van der Waals surface area contributed by atoms with Gasteiger partial charge in [-0.05, 0) is 31.1 Å². The molecule has 1 unspecified atom stereocenters. The number of hydrogen-bond acceptors (Lipinski definition) is 2. The number of unbranched alkanes of at least 4 members (excludes halogenated alkanes) is 3. The van der Waals surface area contributed by atoms with Gasteiger partial charge in [0.2, 0.25) is 0 Å². The van der Waals surface area contributed by atoms with E-state index in [1.807, 2.05) is 6.20 Å². The molecule has 0 amide bonds. The van der Waals surface area contributed by atoms with Crippen LogP contribution in [0.25, 0.3) is 0 Å². The summed E-state index contributed by atoms with van der Waals surface area (Å²) < 4.78 is 2.11. The lowest BCUT2D eigenvalue weighted by Crippen LogP contribution is -2.08. The van der Waals surface area contributed by atoms with Crippen molar-refractivity contribution in [3.05, 3.63) is 11.9 Å². The molecule has 20 heavy (non-hydrogen) atoms. The molecule has 116 valence electrons. The van der Waals surface area contributed by atoms with Gasteiger partial charge < -0.3 is 0 Å².